The number of carbonyl (C=O) groups is 2. The lowest BCUT2D eigenvalue weighted by Gasteiger charge is -2.16. The highest BCUT2D eigenvalue weighted by atomic mass is 32.1. The van der Waals surface area contributed by atoms with E-state index in [2.05, 4.69) is 10.6 Å². The van der Waals surface area contributed by atoms with Crippen LogP contribution in [0.25, 0.3) is 6.08 Å². The van der Waals surface area contributed by atoms with Crippen LogP contribution in [0.3, 0.4) is 0 Å². The van der Waals surface area contributed by atoms with Crippen molar-refractivity contribution in [3.05, 3.63) is 29.3 Å². The molecule has 0 unspecified atom stereocenters. The van der Waals surface area contributed by atoms with Crippen LogP contribution in [0.4, 0.5) is 0 Å². The van der Waals surface area contributed by atoms with Crippen LogP contribution < -0.4 is 20.1 Å². The number of ether oxygens (including phenoxy) is 2. The van der Waals surface area contributed by atoms with Crippen LogP contribution in [0.1, 0.15) is 25.8 Å². The van der Waals surface area contributed by atoms with E-state index in [1.165, 1.54) is 6.08 Å². The van der Waals surface area contributed by atoms with E-state index in [0.717, 1.165) is 6.42 Å². The number of thiocarbonyl (C=S) groups is 1. The van der Waals surface area contributed by atoms with Gasteiger partial charge in [0.1, 0.15) is 5.57 Å². The summed E-state index contributed by atoms with van der Waals surface area (Å²) in [6.07, 6.45) is 2.37. The molecule has 1 aliphatic heterocycles. The highest BCUT2D eigenvalue weighted by Gasteiger charge is 2.25. The van der Waals surface area contributed by atoms with Gasteiger partial charge in [-0.25, -0.2) is 0 Å². The van der Waals surface area contributed by atoms with Crippen molar-refractivity contribution in [1.29, 1.82) is 0 Å². The molecule has 2 rings (SSSR count). The predicted molar refractivity (Wildman–Crippen MR) is 90.3 cm³/mol. The highest BCUT2D eigenvalue weighted by molar-refractivity contribution is 7.80. The topological polar surface area (TPSA) is 76.7 Å². The van der Waals surface area contributed by atoms with Crippen LogP contribution in [-0.4, -0.2) is 30.1 Å². The van der Waals surface area contributed by atoms with E-state index in [4.69, 9.17) is 21.7 Å². The molecular weight excluding hydrogens is 316 g/mol. The Morgan fingerprint density at radius 3 is 2.39 bits per heavy atom. The molecule has 1 aromatic carbocycles. The summed E-state index contributed by atoms with van der Waals surface area (Å²) < 4.78 is 11.2. The lowest BCUT2D eigenvalue weighted by Crippen LogP contribution is -2.51. The van der Waals surface area contributed by atoms with Gasteiger partial charge in [-0.2, -0.15) is 0 Å². The Kier molecular flexibility index (Phi) is 5.70. The van der Waals surface area contributed by atoms with Crippen molar-refractivity contribution in [3.8, 4) is 11.5 Å². The van der Waals surface area contributed by atoms with Crippen molar-refractivity contribution in [3.63, 3.8) is 0 Å². The van der Waals surface area contributed by atoms with Crippen molar-refractivity contribution < 1.29 is 19.1 Å². The lowest BCUT2D eigenvalue weighted by molar-refractivity contribution is -0.123. The molecule has 2 N–H and O–H groups in total. The third-order valence-electron chi connectivity index (χ3n) is 2.98. The van der Waals surface area contributed by atoms with Gasteiger partial charge >= 0.3 is 0 Å². The molecule has 0 radical (unpaired) electrons. The fourth-order valence-corrected chi connectivity index (χ4v) is 2.17. The van der Waals surface area contributed by atoms with Gasteiger partial charge in [0, 0.05) is 0 Å². The molecule has 1 saturated heterocycles. The minimum atomic E-state index is -0.525. The Labute approximate surface area is 139 Å². The third-order valence-corrected chi connectivity index (χ3v) is 3.19. The summed E-state index contributed by atoms with van der Waals surface area (Å²) in [6, 6.07) is 5.25. The third kappa shape index (κ3) is 4.29. The van der Waals surface area contributed by atoms with Gasteiger partial charge in [-0.1, -0.05) is 13.0 Å². The number of carbonyl (C=O) groups excluding carboxylic acids is 2. The maximum Gasteiger partial charge on any atom is 0.263 e. The number of hydrogen-bond donors (Lipinski definition) is 2. The van der Waals surface area contributed by atoms with Crippen molar-refractivity contribution in [2.75, 3.05) is 13.2 Å². The summed E-state index contributed by atoms with van der Waals surface area (Å²) in [6.45, 7) is 4.96. The predicted octanol–water partition coefficient (Wildman–Crippen LogP) is 1.79. The zero-order valence-electron chi connectivity index (χ0n) is 13.0. The molecule has 0 spiro atoms. The van der Waals surface area contributed by atoms with Gasteiger partial charge < -0.3 is 9.47 Å². The molecular formula is C16H18N2O4S. The van der Waals surface area contributed by atoms with Crippen molar-refractivity contribution >= 4 is 35.2 Å². The van der Waals surface area contributed by atoms with Gasteiger partial charge in [0.05, 0.1) is 13.2 Å². The Balaban J connectivity index is 2.30. The second-order valence-corrected chi connectivity index (χ2v) is 5.19. The number of nitrogens with one attached hydrogen (secondary N) is 2. The smallest absolute Gasteiger partial charge is 0.263 e. The average molecular weight is 334 g/mol. The number of amides is 2. The van der Waals surface area contributed by atoms with Gasteiger partial charge in [-0.05, 0) is 49.3 Å². The number of benzene rings is 1. The molecule has 6 nitrogen and oxygen atoms in total. The first-order valence-electron chi connectivity index (χ1n) is 7.33. The van der Waals surface area contributed by atoms with E-state index in [1.807, 2.05) is 13.8 Å². The van der Waals surface area contributed by atoms with Crippen molar-refractivity contribution in [1.82, 2.24) is 10.6 Å². The second-order valence-electron chi connectivity index (χ2n) is 4.78. The summed E-state index contributed by atoms with van der Waals surface area (Å²) in [5.41, 5.74) is 0.647. The first-order valence-corrected chi connectivity index (χ1v) is 7.74. The monoisotopic (exact) mass is 334 g/mol. The number of rotatable bonds is 6. The molecule has 0 aromatic heterocycles. The normalized spacial score (nSPS) is 14.2. The molecule has 0 bridgehead atoms. The first-order chi connectivity index (χ1) is 11.0. The molecule has 1 aliphatic rings. The minimum absolute atomic E-state index is 0.00969. The SMILES string of the molecule is CCCOc1ccc(C=C2C(=O)NC(=S)NC2=O)cc1OCC. The number of hydrogen-bond acceptors (Lipinski definition) is 5. The summed E-state index contributed by atoms with van der Waals surface area (Å²) in [5, 5.41) is 4.80. The minimum Gasteiger partial charge on any atom is -0.490 e. The van der Waals surface area contributed by atoms with E-state index in [9.17, 15) is 9.59 Å². The molecule has 1 heterocycles. The zero-order valence-corrected chi connectivity index (χ0v) is 13.8. The van der Waals surface area contributed by atoms with Crippen LogP contribution in [0.15, 0.2) is 23.8 Å². The van der Waals surface area contributed by atoms with Gasteiger partial charge in [-0.15, -0.1) is 0 Å². The molecule has 0 saturated carbocycles. The van der Waals surface area contributed by atoms with Crippen LogP contribution in [-0.2, 0) is 9.59 Å². The van der Waals surface area contributed by atoms with Crippen molar-refractivity contribution in [2.45, 2.75) is 20.3 Å². The fourth-order valence-electron chi connectivity index (χ4n) is 1.99. The maximum absolute atomic E-state index is 11.9. The Bertz CT molecular complexity index is 648. The van der Waals surface area contributed by atoms with E-state index >= 15 is 0 Å². The molecule has 7 heteroatoms. The van der Waals surface area contributed by atoms with E-state index in [-0.39, 0.29) is 10.7 Å². The maximum atomic E-state index is 11.9. The Hall–Kier alpha value is -2.41. The molecule has 2 amide bonds. The van der Waals surface area contributed by atoms with Crippen LogP contribution >= 0.6 is 12.2 Å². The summed E-state index contributed by atoms with van der Waals surface area (Å²) in [5.74, 6) is 0.156. The molecule has 1 aromatic rings. The Morgan fingerprint density at radius 1 is 1.09 bits per heavy atom. The molecule has 23 heavy (non-hydrogen) atoms. The van der Waals surface area contributed by atoms with Gasteiger partial charge in [0.25, 0.3) is 11.8 Å². The standard InChI is InChI=1S/C16H18N2O4S/c1-3-7-22-12-6-5-10(9-13(12)21-4-2)8-11-14(19)17-16(23)18-15(11)20/h5-6,8-9H,3-4,7H2,1-2H3,(H2,17,18,19,20,23). The van der Waals surface area contributed by atoms with Gasteiger partial charge in [0.2, 0.25) is 0 Å². The zero-order chi connectivity index (χ0) is 16.8. The van der Waals surface area contributed by atoms with Crippen molar-refractivity contribution in [2.24, 2.45) is 0 Å². The molecule has 1 fully saturated rings. The van der Waals surface area contributed by atoms with E-state index < -0.39 is 11.8 Å². The highest BCUT2D eigenvalue weighted by Crippen LogP contribution is 2.29. The van der Waals surface area contributed by atoms with Crippen LogP contribution in [0.5, 0.6) is 11.5 Å². The molecule has 0 aliphatic carbocycles. The van der Waals surface area contributed by atoms with Crippen LogP contribution in [0, 0.1) is 0 Å². The lowest BCUT2D eigenvalue weighted by atomic mass is 10.1. The summed E-state index contributed by atoms with van der Waals surface area (Å²) >= 11 is 4.76. The second kappa shape index (κ2) is 7.73. The molecule has 0 atom stereocenters. The average Bonchev–Trinajstić information content (AvgIpc) is 2.50. The first kappa shape index (κ1) is 17.0. The van der Waals surface area contributed by atoms with E-state index in [1.54, 1.807) is 18.2 Å². The van der Waals surface area contributed by atoms with E-state index in [0.29, 0.717) is 30.3 Å². The molecule has 122 valence electrons. The quantitative estimate of drug-likeness (QED) is 0.471. The summed E-state index contributed by atoms with van der Waals surface area (Å²) in [4.78, 5) is 23.7. The summed E-state index contributed by atoms with van der Waals surface area (Å²) in [7, 11) is 0. The van der Waals surface area contributed by atoms with Crippen LogP contribution in [0.2, 0.25) is 0 Å². The fraction of sp³-hybridized carbons (Fsp3) is 0.312. The largest absolute Gasteiger partial charge is 0.490 e. The Morgan fingerprint density at radius 2 is 1.78 bits per heavy atom. The van der Waals surface area contributed by atoms with Gasteiger partial charge in [-0.3, -0.25) is 20.2 Å². The van der Waals surface area contributed by atoms with Gasteiger partial charge in [0.15, 0.2) is 16.6 Å².